The summed E-state index contributed by atoms with van der Waals surface area (Å²) in [6.07, 6.45) is 7.36. The number of nitrogens with zero attached hydrogens (tertiary/aromatic N) is 2. The molecule has 0 radical (unpaired) electrons. The van der Waals surface area contributed by atoms with Gasteiger partial charge in [0.2, 0.25) is 0 Å². The lowest BCUT2D eigenvalue weighted by atomic mass is 10.1. The molecular weight excluding hydrogens is 216 g/mol. The van der Waals surface area contributed by atoms with Crippen molar-refractivity contribution in [2.45, 2.75) is 32.3 Å². The number of rotatable bonds is 5. The Morgan fingerprint density at radius 2 is 2.12 bits per heavy atom. The topological polar surface area (TPSA) is 59.1 Å². The van der Waals surface area contributed by atoms with Crippen LogP contribution < -0.4 is 10.6 Å². The molecular formula is C12H20N4O. The summed E-state index contributed by atoms with van der Waals surface area (Å²) in [5, 5.41) is 6.42. The quantitative estimate of drug-likeness (QED) is 0.817. The second-order valence-corrected chi connectivity index (χ2v) is 4.19. The van der Waals surface area contributed by atoms with E-state index in [-0.39, 0.29) is 0 Å². The highest BCUT2D eigenvalue weighted by molar-refractivity contribution is 5.41. The molecule has 17 heavy (non-hydrogen) atoms. The fourth-order valence-electron chi connectivity index (χ4n) is 1.90. The van der Waals surface area contributed by atoms with Gasteiger partial charge in [0.15, 0.2) is 0 Å². The molecule has 1 fully saturated rings. The third-order valence-electron chi connectivity index (χ3n) is 2.78. The van der Waals surface area contributed by atoms with Crippen LogP contribution in [0.4, 0.5) is 11.6 Å². The van der Waals surface area contributed by atoms with Gasteiger partial charge < -0.3 is 15.4 Å². The third-order valence-corrected chi connectivity index (χ3v) is 2.78. The smallest absolute Gasteiger partial charge is 0.147 e. The monoisotopic (exact) mass is 236 g/mol. The van der Waals surface area contributed by atoms with Gasteiger partial charge >= 0.3 is 0 Å². The van der Waals surface area contributed by atoms with Crippen molar-refractivity contribution in [1.82, 2.24) is 9.97 Å². The minimum Gasteiger partial charge on any atom is -0.376 e. The first kappa shape index (κ1) is 12.1. The Labute approximate surface area is 102 Å². The van der Waals surface area contributed by atoms with Crippen LogP contribution >= 0.6 is 0 Å². The summed E-state index contributed by atoms with van der Waals surface area (Å²) < 4.78 is 5.65. The van der Waals surface area contributed by atoms with Crippen molar-refractivity contribution in [2.75, 3.05) is 30.3 Å². The molecule has 1 saturated heterocycles. The summed E-state index contributed by atoms with van der Waals surface area (Å²) in [5.41, 5.74) is 0. The van der Waals surface area contributed by atoms with Gasteiger partial charge in [0.25, 0.3) is 0 Å². The van der Waals surface area contributed by atoms with Crippen molar-refractivity contribution in [3.63, 3.8) is 0 Å². The van der Waals surface area contributed by atoms with E-state index in [0.29, 0.717) is 6.10 Å². The zero-order chi connectivity index (χ0) is 11.9. The summed E-state index contributed by atoms with van der Waals surface area (Å²) in [6.45, 7) is 4.58. The van der Waals surface area contributed by atoms with Crippen molar-refractivity contribution in [3.8, 4) is 0 Å². The molecule has 94 valence electrons. The highest BCUT2D eigenvalue weighted by Gasteiger charge is 2.13. The summed E-state index contributed by atoms with van der Waals surface area (Å²) in [7, 11) is 0. The Balaban J connectivity index is 1.83. The fraction of sp³-hybridized carbons (Fsp3) is 0.667. The Morgan fingerprint density at radius 3 is 2.82 bits per heavy atom. The molecule has 1 aromatic heterocycles. The minimum absolute atomic E-state index is 0.313. The van der Waals surface area contributed by atoms with E-state index in [1.165, 1.54) is 12.8 Å². The third kappa shape index (κ3) is 3.85. The molecule has 1 aromatic rings. The molecule has 1 aliphatic heterocycles. The number of nitrogens with one attached hydrogen (secondary N) is 2. The highest BCUT2D eigenvalue weighted by Crippen LogP contribution is 2.13. The molecule has 2 heterocycles. The SMILES string of the molecule is CCNc1cncc(NCC2CCCCO2)n1. The number of anilines is 2. The first-order chi connectivity index (χ1) is 8.38. The van der Waals surface area contributed by atoms with Crippen molar-refractivity contribution in [1.29, 1.82) is 0 Å². The highest BCUT2D eigenvalue weighted by atomic mass is 16.5. The van der Waals surface area contributed by atoms with Crippen LogP contribution in [-0.4, -0.2) is 35.8 Å². The molecule has 0 saturated carbocycles. The average Bonchev–Trinajstić information content (AvgIpc) is 2.39. The van der Waals surface area contributed by atoms with Crippen LogP contribution in [0.2, 0.25) is 0 Å². The van der Waals surface area contributed by atoms with Crippen LogP contribution in [-0.2, 0) is 4.74 Å². The van der Waals surface area contributed by atoms with Gasteiger partial charge in [0.05, 0.1) is 18.5 Å². The molecule has 2 N–H and O–H groups in total. The van der Waals surface area contributed by atoms with Gasteiger partial charge in [-0.15, -0.1) is 0 Å². The van der Waals surface area contributed by atoms with E-state index in [2.05, 4.69) is 20.6 Å². The Kier molecular flexibility index (Phi) is 4.55. The van der Waals surface area contributed by atoms with E-state index in [4.69, 9.17) is 4.74 Å². The zero-order valence-corrected chi connectivity index (χ0v) is 10.3. The zero-order valence-electron chi connectivity index (χ0n) is 10.3. The fourth-order valence-corrected chi connectivity index (χ4v) is 1.90. The summed E-state index contributed by atoms with van der Waals surface area (Å²) >= 11 is 0. The van der Waals surface area contributed by atoms with E-state index >= 15 is 0 Å². The van der Waals surface area contributed by atoms with Crippen molar-refractivity contribution >= 4 is 11.6 Å². The van der Waals surface area contributed by atoms with Gasteiger partial charge in [0.1, 0.15) is 11.6 Å². The molecule has 0 aliphatic carbocycles. The standard InChI is InChI=1S/C12H20N4O/c1-2-14-11-8-13-9-12(16-11)15-7-10-5-3-4-6-17-10/h8-10H,2-7H2,1H3,(H2,14,15,16). The first-order valence-corrected chi connectivity index (χ1v) is 6.30. The van der Waals surface area contributed by atoms with Gasteiger partial charge in [-0.05, 0) is 26.2 Å². The van der Waals surface area contributed by atoms with Crippen LogP contribution in [0.15, 0.2) is 12.4 Å². The van der Waals surface area contributed by atoms with Gasteiger partial charge in [-0.25, -0.2) is 4.98 Å². The molecule has 2 rings (SSSR count). The molecule has 0 amide bonds. The molecule has 0 bridgehead atoms. The van der Waals surface area contributed by atoms with E-state index < -0.39 is 0 Å². The maximum absolute atomic E-state index is 5.65. The molecule has 5 nitrogen and oxygen atoms in total. The van der Waals surface area contributed by atoms with Crippen LogP contribution in [0, 0.1) is 0 Å². The van der Waals surface area contributed by atoms with Gasteiger partial charge in [0, 0.05) is 19.7 Å². The van der Waals surface area contributed by atoms with Crippen LogP contribution in [0.25, 0.3) is 0 Å². The van der Waals surface area contributed by atoms with Crippen LogP contribution in [0.1, 0.15) is 26.2 Å². The molecule has 0 aromatic carbocycles. The lowest BCUT2D eigenvalue weighted by Crippen LogP contribution is -2.27. The summed E-state index contributed by atoms with van der Waals surface area (Å²) in [4.78, 5) is 8.55. The normalized spacial score (nSPS) is 19.9. The first-order valence-electron chi connectivity index (χ1n) is 6.30. The van der Waals surface area contributed by atoms with Gasteiger partial charge in [-0.1, -0.05) is 0 Å². The Bertz CT molecular complexity index is 339. The lowest BCUT2D eigenvalue weighted by molar-refractivity contribution is 0.0247. The second kappa shape index (κ2) is 6.39. The minimum atomic E-state index is 0.313. The van der Waals surface area contributed by atoms with Gasteiger partial charge in [-0.2, -0.15) is 0 Å². The van der Waals surface area contributed by atoms with E-state index in [1.54, 1.807) is 12.4 Å². The number of hydrogen-bond donors (Lipinski definition) is 2. The molecule has 5 heteroatoms. The molecule has 0 spiro atoms. The number of aromatic nitrogens is 2. The Morgan fingerprint density at radius 1 is 1.29 bits per heavy atom. The molecule has 1 unspecified atom stereocenters. The Hall–Kier alpha value is -1.36. The van der Waals surface area contributed by atoms with Crippen LogP contribution in [0.5, 0.6) is 0 Å². The number of hydrogen-bond acceptors (Lipinski definition) is 5. The predicted molar refractivity (Wildman–Crippen MR) is 68.3 cm³/mol. The van der Waals surface area contributed by atoms with Crippen molar-refractivity contribution < 1.29 is 4.74 Å². The average molecular weight is 236 g/mol. The van der Waals surface area contributed by atoms with Crippen molar-refractivity contribution in [2.24, 2.45) is 0 Å². The maximum Gasteiger partial charge on any atom is 0.147 e. The van der Waals surface area contributed by atoms with E-state index in [0.717, 1.165) is 37.8 Å². The van der Waals surface area contributed by atoms with E-state index in [1.807, 2.05) is 6.92 Å². The maximum atomic E-state index is 5.65. The predicted octanol–water partition coefficient (Wildman–Crippen LogP) is 1.89. The largest absolute Gasteiger partial charge is 0.376 e. The number of ether oxygens (including phenoxy) is 1. The summed E-state index contributed by atoms with van der Waals surface area (Å²) in [6, 6.07) is 0. The summed E-state index contributed by atoms with van der Waals surface area (Å²) in [5.74, 6) is 1.61. The lowest BCUT2D eigenvalue weighted by Gasteiger charge is -2.22. The van der Waals surface area contributed by atoms with Crippen LogP contribution in [0.3, 0.4) is 0 Å². The van der Waals surface area contributed by atoms with Gasteiger partial charge in [-0.3, -0.25) is 4.98 Å². The van der Waals surface area contributed by atoms with E-state index in [9.17, 15) is 0 Å². The molecule has 1 atom stereocenters. The van der Waals surface area contributed by atoms with Crippen molar-refractivity contribution in [3.05, 3.63) is 12.4 Å². The second-order valence-electron chi connectivity index (χ2n) is 4.19. The molecule has 1 aliphatic rings.